The lowest BCUT2D eigenvalue weighted by Crippen LogP contribution is -2.56. The summed E-state index contributed by atoms with van der Waals surface area (Å²) in [4.78, 5) is 2.49. The number of nitrogens with zero attached hydrogens (tertiary/aromatic N) is 1. The predicted molar refractivity (Wildman–Crippen MR) is 49.5 cm³/mol. The molecule has 1 heterocycles. The maximum absolute atomic E-state index is 2.49. The maximum atomic E-state index is 2.49. The summed E-state index contributed by atoms with van der Waals surface area (Å²) in [5.41, 5.74) is 0.698. The highest BCUT2D eigenvalue weighted by atomic mass is 15.2. The molecule has 0 aromatic carbocycles. The van der Waals surface area contributed by atoms with E-state index >= 15 is 0 Å². The number of piperidine rings is 1. The van der Waals surface area contributed by atoms with Gasteiger partial charge in [0.05, 0.1) is 0 Å². The first-order valence-electron chi connectivity index (χ1n) is 4.42. The SMILES string of the molecule is CN1C(C)(C)C[CH]CC1(C)C. The number of hydrogen-bond donors (Lipinski definition) is 0. The van der Waals surface area contributed by atoms with Crippen LogP contribution in [0.3, 0.4) is 0 Å². The molecule has 0 amide bonds. The van der Waals surface area contributed by atoms with E-state index < -0.39 is 0 Å². The molecule has 0 aliphatic carbocycles. The van der Waals surface area contributed by atoms with Gasteiger partial charge in [-0.15, -0.1) is 0 Å². The summed E-state index contributed by atoms with van der Waals surface area (Å²) in [6.45, 7) is 9.24. The van der Waals surface area contributed by atoms with Gasteiger partial charge in [-0.2, -0.15) is 0 Å². The zero-order valence-corrected chi connectivity index (χ0v) is 8.44. The van der Waals surface area contributed by atoms with E-state index in [1.165, 1.54) is 12.8 Å². The standard InChI is InChI=1S/C10H20N/c1-9(2)7-6-8-10(3,4)11(9)5/h6H,7-8H2,1-5H3. The molecule has 1 heteroatoms. The number of likely N-dealkylation sites (tertiary alicyclic amines) is 1. The molecule has 1 radical (unpaired) electrons. The Balaban J connectivity index is 2.76. The van der Waals surface area contributed by atoms with E-state index in [0.717, 1.165) is 0 Å². The predicted octanol–water partition coefficient (Wildman–Crippen LogP) is 2.47. The van der Waals surface area contributed by atoms with Crippen LogP contribution in [0.4, 0.5) is 0 Å². The maximum Gasteiger partial charge on any atom is 0.0158 e. The summed E-state index contributed by atoms with van der Waals surface area (Å²) in [6, 6.07) is 0. The van der Waals surface area contributed by atoms with Crippen LogP contribution in [0.25, 0.3) is 0 Å². The second kappa shape index (κ2) is 2.48. The minimum Gasteiger partial charge on any atom is -0.296 e. The largest absolute Gasteiger partial charge is 0.296 e. The van der Waals surface area contributed by atoms with Crippen molar-refractivity contribution in [1.29, 1.82) is 0 Å². The van der Waals surface area contributed by atoms with Gasteiger partial charge in [-0.3, -0.25) is 4.90 Å². The normalized spacial score (nSPS) is 30.3. The fraction of sp³-hybridized carbons (Fsp3) is 0.900. The van der Waals surface area contributed by atoms with Crippen LogP contribution in [0.1, 0.15) is 40.5 Å². The van der Waals surface area contributed by atoms with Gasteiger partial charge in [0.1, 0.15) is 0 Å². The Kier molecular flexibility index (Phi) is 2.04. The van der Waals surface area contributed by atoms with Gasteiger partial charge in [-0.25, -0.2) is 0 Å². The molecule has 0 bridgehead atoms. The van der Waals surface area contributed by atoms with E-state index in [-0.39, 0.29) is 0 Å². The Morgan fingerprint density at radius 2 is 1.36 bits per heavy atom. The molecule has 1 aliphatic heterocycles. The molecular formula is C10H20N. The molecule has 0 aromatic rings. The zero-order valence-electron chi connectivity index (χ0n) is 8.44. The molecule has 65 valence electrons. The van der Waals surface area contributed by atoms with Gasteiger partial charge >= 0.3 is 0 Å². The molecular weight excluding hydrogens is 134 g/mol. The lowest BCUT2D eigenvalue weighted by Gasteiger charge is -2.50. The zero-order chi connectivity index (χ0) is 8.70. The quantitative estimate of drug-likeness (QED) is 0.518. The Labute approximate surface area is 70.8 Å². The molecule has 1 nitrogen and oxygen atoms in total. The van der Waals surface area contributed by atoms with E-state index in [2.05, 4.69) is 46.1 Å². The van der Waals surface area contributed by atoms with Crippen LogP contribution in [0.15, 0.2) is 0 Å². The molecule has 11 heavy (non-hydrogen) atoms. The van der Waals surface area contributed by atoms with Crippen molar-refractivity contribution in [2.24, 2.45) is 0 Å². The minimum absolute atomic E-state index is 0.349. The van der Waals surface area contributed by atoms with Gasteiger partial charge < -0.3 is 0 Å². The van der Waals surface area contributed by atoms with E-state index in [1.807, 2.05) is 0 Å². The summed E-state index contributed by atoms with van der Waals surface area (Å²) in [7, 11) is 2.23. The van der Waals surface area contributed by atoms with E-state index in [4.69, 9.17) is 0 Å². The first-order valence-corrected chi connectivity index (χ1v) is 4.42. The highest BCUT2D eigenvalue weighted by Crippen LogP contribution is 2.35. The topological polar surface area (TPSA) is 3.24 Å². The molecule has 1 aliphatic rings. The molecule has 0 aromatic heterocycles. The van der Waals surface area contributed by atoms with Gasteiger partial charge in [0.2, 0.25) is 0 Å². The fourth-order valence-electron chi connectivity index (χ4n) is 1.87. The Hall–Kier alpha value is -0.0400. The second-order valence-corrected chi connectivity index (χ2v) is 4.88. The molecule has 1 fully saturated rings. The van der Waals surface area contributed by atoms with Crippen molar-refractivity contribution in [1.82, 2.24) is 4.90 Å². The van der Waals surface area contributed by atoms with E-state index in [0.29, 0.717) is 11.1 Å². The minimum atomic E-state index is 0.349. The highest BCUT2D eigenvalue weighted by molar-refractivity contribution is 5.01. The Bertz CT molecular complexity index is 131. The van der Waals surface area contributed by atoms with Crippen molar-refractivity contribution in [2.75, 3.05) is 7.05 Å². The smallest absolute Gasteiger partial charge is 0.0158 e. The van der Waals surface area contributed by atoms with Crippen molar-refractivity contribution in [3.05, 3.63) is 6.42 Å². The van der Waals surface area contributed by atoms with Crippen LogP contribution < -0.4 is 0 Å². The van der Waals surface area contributed by atoms with Crippen LogP contribution in [0, 0.1) is 6.42 Å². The van der Waals surface area contributed by atoms with Gasteiger partial charge in [0.15, 0.2) is 0 Å². The third kappa shape index (κ3) is 1.58. The van der Waals surface area contributed by atoms with Crippen LogP contribution in [-0.4, -0.2) is 23.0 Å². The lowest BCUT2D eigenvalue weighted by molar-refractivity contribution is 0.0188. The van der Waals surface area contributed by atoms with Crippen molar-refractivity contribution in [3.8, 4) is 0 Å². The van der Waals surface area contributed by atoms with E-state index in [1.54, 1.807) is 0 Å². The van der Waals surface area contributed by atoms with Gasteiger partial charge in [-0.05, 0) is 54.0 Å². The summed E-state index contributed by atoms with van der Waals surface area (Å²) in [5, 5.41) is 0. The summed E-state index contributed by atoms with van der Waals surface area (Å²) in [5.74, 6) is 0. The number of hydrogen-bond acceptors (Lipinski definition) is 1. The Morgan fingerprint density at radius 1 is 1.00 bits per heavy atom. The van der Waals surface area contributed by atoms with Crippen LogP contribution in [0.5, 0.6) is 0 Å². The first kappa shape index (κ1) is 9.05. The van der Waals surface area contributed by atoms with Crippen LogP contribution in [0.2, 0.25) is 0 Å². The summed E-state index contributed by atoms with van der Waals surface area (Å²) >= 11 is 0. The van der Waals surface area contributed by atoms with Crippen LogP contribution >= 0.6 is 0 Å². The van der Waals surface area contributed by atoms with Gasteiger partial charge in [-0.1, -0.05) is 0 Å². The van der Waals surface area contributed by atoms with Gasteiger partial charge in [0, 0.05) is 11.1 Å². The van der Waals surface area contributed by atoms with Crippen molar-refractivity contribution in [2.45, 2.75) is 51.6 Å². The molecule has 1 saturated heterocycles. The summed E-state index contributed by atoms with van der Waals surface area (Å²) < 4.78 is 0. The third-order valence-electron chi connectivity index (χ3n) is 3.10. The molecule has 0 N–H and O–H groups in total. The summed E-state index contributed by atoms with van der Waals surface area (Å²) in [6.07, 6.45) is 4.85. The monoisotopic (exact) mass is 154 g/mol. The van der Waals surface area contributed by atoms with Gasteiger partial charge in [0.25, 0.3) is 0 Å². The average molecular weight is 154 g/mol. The second-order valence-electron chi connectivity index (χ2n) is 4.88. The van der Waals surface area contributed by atoms with Crippen molar-refractivity contribution >= 4 is 0 Å². The molecule has 0 spiro atoms. The third-order valence-corrected chi connectivity index (χ3v) is 3.10. The molecule has 0 saturated carbocycles. The molecule has 0 atom stereocenters. The van der Waals surface area contributed by atoms with Crippen molar-refractivity contribution < 1.29 is 0 Å². The number of rotatable bonds is 0. The van der Waals surface area contributed by atoms with E-state index in [9.17, 15) is 0 Å². The first-order chi connectivity index (χ1) is 4.86. The van der Waals surface area contributed by atoms with Crippen LogP contribution in [-0.2, 0) is 0 Å². The lowest BCUT2D eigenvalue weighted by atomic mass is 9.80. The molecule has 0 unspecified atom stereocenters. The average Bonchev–Trinajstić information content (AvgIpc) is 1.82. The highest BCUT2D eigenvalue weighted by Gasteiger charge is 2.38. The molecule has 1 rings (SSSR count). The van der Waals surface area contributed by atoms with Crippen molar-refractivity contribution in [3.63, 3.8) is 0 Å². The Morgan fingerprint density at radius 3 is 1.64 bits per heavy atom. The fourth-order valence-corrected chi connectivity index (χ4v) is 1.87.